The normalized spacial score (nSPS) is 11.2. The van der Waals surface area contributed by atoms with Gasteiger partial charge in [-0.1, -0.05) is 23.2 Å². The Kier molecular flexibility index (Phi) is 6.18. The minimum atomic E-state index is -0.572. The molecule has 4 rings (SSSR count). The summed E-state index contributed by atoms with van der Waals surface area (Å²) in [6.45, 7) is 3.65. The van der Waals surface area contributed by atoms with E-state index in [1.807, 2.05) is 13.8 Å². The second-order valence-corrected chi connectivity index (χ2v) is 8.67. The molecule has 32 heavy (non-hydrogen) atoms. The number of amides is 2. The van der Waals surface area contributed by atoms with Gasteiger partial charge in [0.15, 0.2) is 11.5 Å². The molecule has 12 heteroatoms. The van der Waals surface area contributed by atoms with Crippen LogP contribution in [0.4, 0.5) is 5.69 Å². The fraction of sp³-hybridized carbons (Fsp3) is 0.150. The summed E-state index contributed by atoms with van der Waals surface area (Å²) in [6.07, 6.45) is 3.08. The number of nitrogens with zero attached hydrogens (tertiary/aromatic N) is 5. The van der Waals surface area contributed by atoms with Crippen molar-refractivity contribution < 1.29 is 9.59 Å². The molecule has 9 nitrogen and oxygen atoms in total. The van der Waals surface area contributed by atoms with Crippen molar-refractivity contribution in [2.75, 3.05) is 5.32 Å². The number of hydrogen-bond acceptors (Lipinski definition) is 5. The van der Waals surface area contributed by atoms with Gasteiger partial charge in [-0.3, -0.25) is 9.59 Å². The zero-order valence-electron chi connectivity index (χ0n) is 16.8. The Hall–Kier alpha value is -2.95. The van der Waals surface area contributed by atoms with Gasteiger partial charge < -0.3 is 10.6 Å². The van der Waals surface area contributed by atoms with Gasteiger partial charge >= 0.3 is 0 Å². The molecule has 0 aromatic carbocycles. The molecule has 0 bridgehead atoms. The molecule has 0 fully saturated rings. The Bertz CT molecular complexity index is 1350. The smallest absolute Gasteiger partial charge is 0.274 e. The molecule has 0 aliphatic heterocycles. The summed E-state index contributed by atoms with van der Waals surface area (Å²) < 4.78 is 3.12. The standard InChI is InChI=1S/C20H16BrCl2N7O2/c1-10(2)26-20(32)17-16(13(23)8-11-5-7-25-29(11)17)27-19(31)14-9-15(21)28-30(14)18-12(22)4-3-6-24-18/h3-10H,1-2H3,(H,26,32)(H,27,31). The van der Waals surface area contributed by atoms with E-state index >= 15 is 0 Å². The SMILES string of the molecule is CC(C)NC(=O)c1c(NC(=O)c2cc(Br)nn2-c2ncccc2Cl)c(Cl)cc2ccnn12. The van der Waals surface area contributed by atoms with E-state index < -0.39 is 11.8 Å². The minimum absolute atomic E-state index is 0.0977. The number of fused-ring (bicyclic) bond motifs is 1. The first-order valence-electron chi connectivity index (χ1n) is 9.41. The molecule has 0 saturated carbocycles. The van der Waals surface area contributed by atoms with Crippen LogP contribution < -0.4 is 10.6 Å². The summed E-state index contributed by atoms with van der Waals surface area (Å²) in [4.78, 5) is 30.4. The molecule has 0 aliphatic carbocycles. The number of anilines is 1. The lowest BCUT2D eigenvalue weighted by Crippen LogP contribution is -2.33. The van der Waals surface area contributed by atoms with Crippen LogP contribution in [0, 0.1) is 0 Å². The van der Waals surface area contributed by atoms with E-state index in [9.17, 15) is 9.59 Å². The van der Waals surface area contributed by atoms with Crippen LogP contribution in [0.15, 0.2) is 47.3 Å². The van der Waals surface area contributed by atoms with Crippen molar-refractivity contribution in [1.82, 2.24) is 29.7 Å². The zero-order chi connectivity index (χ0) is 23.0. The van der Waals surface area contributed by atoms with Gasteiger partial charge in [0, 0.05) is 18.3 Å². The number of rotatable bonds is 5. The predicted octanol–water partition coefficient (Wildman–Crippen LogP) is 4.37. The van der Waals surface area contributed by atoms with Crippen molar-refractivity contribution in [3.05, 3.63) is 68.8 Å². The van der Waals surface area contributed by atoms with Crippen LogP contribution in [0.1, 0.15) is 34.8 Å². The van der Waals surface area contributed by atoms with Crippen molar-refractivity contribution in [2.45, 2.75) is 19.9 Å². The van der Waals surface area contributed by atoms with Gasteiger partial charge in [0.25, 0.3) is 11.8 Å². The van der Waals surface area contributed by atoms with Crippen molar-refractivity contribution in [3.8, 4) is 5.82 Å². The van der Waals surface area contributed by atoms with E-state index in [-0.39, 0.29) is 34.0 Å². The molecule has 0 atom stereocenters. The lowest BCUT2D eigenvalue weighted by atomic mass is 10.2. The third-order valence-corrected chi connectivity index (χ3v) is 5.34. The van der Waals surface area contributed by atoms with Gasteiger partial charge in [-0.25, -0.2) is 14.2 Å². The zero-order valence-corrected chi connectivity index (χ0v) is 19.9. The van der Waals surface area contributed by atoms with E-state index in [1.54, 1.807) is 30.5 Å². The van der Waals surface area contributed by atoms with Gasteiger partial charge in [-0.15, -0.1) is 0 Å². The molecule has 0 saturated heterocycles. The van der Waals surface area contributed by atoms with Crippen molar-refractivity contribution in [1.29, 1.82) is 0 Å². The van der Waals surface area contributed by atoms with Gasteiger partial charge in [0.1, 0.15) is 10.3 Å². The Morgan fingerprint density at radius 1 is 1.09 bits per heavy atom. The average molecular weight is 537 g/mol. The van der Waals surface area contributed by atoms with Crippen LogP contribution in [0.25, 0.3) is 11.3 Å². The molecule has 164 valence electrons. The van der Waals surface area contributed by atoms with E-state index in [2.05, 4.69) is 41.7 Å². The molecular formula is C20H16BrCl2N7O2. The number of carbonyl (C=O) groups is 2. The van der Waals surface area contributed by atoms with Crippen LogP contribution in [-0.2, 0) is 0 Å². The predicted molar refractivity (Wildman–Crippen MR) is 125 cm³/mol. The van der Waals surface area contributed by atoms with Gasteiger partial charge in [-0.2, -0.15) is 10.2 Å². The lowest BCUT2D eigenvalue weighted by Gasteiger charge is -2.16. The fourth-order valence-corrected chi connectivity index (χ4v) is 3.90. The van der Waals surface area contributed by atoms with Crippen LogP contribution in [0.5, 0.6) is 0 Å². The van der Waals surface area contributed by atoms with Crippen LogP contribution in [0.2, 0.25) is 10.0 Å². The van der Waals surface area contributed by atoms with Gasteiger partial charge in [0.2, 0.25) is 0 Å². The number of aromatic nitrogens is 5. The molecule has 2 N–H and O–H groups in total. The number of halogens is 3. The lowest BCUT2D eigenvalue weighted by molar-refractivity contribution is 0.0936. The number of hydrogen-bond donors (Lipinski definition) is 2. The first kappa shape index (κ1) is 22.3. The van der Waals surface area contributed by atoms with Crippen molar-refractivity contribution in [2.24, 2.45) is 0 Å². The molecule has 0 unspecified atom stereocenters. The van der Waals surface area contributed by atoms with Crippen molar-refractivity contribution in [3.63, 3.8) is 0 Å². The minimum Gasteiger partial charge on any atom is -0.348 e. The second kappa shape index (κ2) is 8.89. The number of nitrogens with one attached hydrogen (secondary N) is 2. The molecule has 0 aliphatic rings. The maximum Gasteiger partial charge on any atom is 0.274 e. The highest BCUT2D eigenvalue weighted by Gasteiger charge is 2.25. The molecule has 4 aromatic rings. The highest BCUT2D eigenvalue weighted by atomic mass is 79.9. The quantitative estimate of drug-likeness (QED) is 0.394. The maximum atomic E-state index is 13.3. The fourth-order valence-electron chi connectivity index (χ4n) is 3.08. The summed E-state index contributed by atoms with van der Waals surface area (Å²) in [5.74, 6) is -0.734. The molecule has 4 aromatic heterocycles. The maximum absolute atomic E-state index is 13.3. The van der Waals surface area contributed by atoms with Crippen molar-refractivity contribution >= 4 is 62.2 Å². The third kappa shape index (κ3) is 4.21. The second-order valence-electron chi connectivity index (χ2n) is 7.04. The Morgan fingerprint density at radius 2 is 1.88 bits per heavy atom. The average Bonchev–Trinajstić information content (AvgIpc) is 3.34. The third-order valence-electron chi connectivity index (χ3n) is 4.36. The van der Waals surface area contributed by atoms with E-state index in [0.717, 1.165) is 0 Å². The topological polar surface area (TPSA) is 106 Å². The summed E-state index contributed by atoms with van der Waals surface area (Å²) in [5, 5.41) is 14.5. The summed E-state index contributed by atoms with van der Waals surface area (Å²) in [6, 6.07) is 7.99. The van der Waals surface area contributed by atoms with Gasteiger partial charge in [-0.05, 0) is 54.0 Å². The van der Waals surface area contributed by atoms with Crippen LogP contribution in [0.3, 0.4) is 0 Å². The largest absolute Gasteiger partial charge is 0.348 e. The molecule has 4 heterocycles. The van der Waals surface area contributed by atoms with E-state index in [4.69, 9.17) is 23.2 Å². The molecule has 0 spiro atoms. The summed E-state index contributed by atoms with van der Waals surface area (Å²) in [7, 11) is 0. The summed E-state index contributed by atoms with van der Waals surface area (Å²) in [5.41, 5.74) is 0.946. The Morgan fingerprint density at radius 3 is 2.59 bits per heavy atom. The molecular weight excluding hydrogens is 521 g/mol. The molecule has 0 radical (unpaired) electrons. The first-order chi connectivity index (χ1) is 15.3. The van der Waals surface area contributed by atoms with Gasteiger partial charge in [0.05, 0.1) is 27.4 Å². The first-order valence-corrected chi connectivity index (χ1v) is 11.0. The number of pyridine rings is 2. The highest BCUT2D eigenvalue weighted by molar-refractivity contribution is 9.10. The van der Waals surface area contributed by atoms with Crippen LogP contribution in [-0.4, -0.2) is 42.2 Å². The monoisotopic (exact) mass is 535 g/mol. The molecule has 2 amide bonds. The van der Waals surface area contributed by atoms with Crippen LogP contribution >= 0.6 is 39.1 Å². The summed E-state index contributed by atoms with van der Waals surface area (Å²) >= 11 is 16.0. The number of carbonyl (C=O) groups excluding carboxylic acids is 2. The van der Waals surface area contributed by atoms with E-state index in [1.165, 1.54) is 21.5 Å². The van der Waals surface area contributed by atoms with E-state index in [0.29, 0.717) is 15.1 Å². The Balaban J connectivity index is 1.80. The Labute approximate surface area is 200 Å². The highest BCUT2D eigenvalue weighted by Crippen LogP contribution is 2.30.